The molecule has 0 saturated heterocycles. The Kier molecular flexibility index (Phi) is 5.96. The van der Waals surface area contributed by atoms with Crippen molar-refractivity contribution in [2.24, 2.45) is 0 Å². The number of methoxy groups -OCH3 is 1. The smallest absolute Gasteiger partial charge is 0.275 e. The van der Waals surface area contributed by atoms with Crippen LogP contribution in [-0.4, -0.2) is 33.9 Å². The Morgan fingerprint density at radius 1 is 1.06 bits per heavy atom. The second-order valence-corrected chi connectivity index (χ2v) is 8.65. The first-order chi connectivity index (χ1) is 15.0. The predicted octanol–water partition coefficient (Wildman–Crippen LogP) is 5.16. The maximum atomic E-state index is 12.5. The van der Waals surface area contributed by atoms with E-state index in [1.807, 2.05) is 47.2 Å². The fourth-order valence-corrected chi connectivity index (χ4v) is 4.93. The van der Waals surface area contributed by atoms with Gasteiger partial charge in [0.1, 0.15) is 10.6 Å². The summed E-state index contributed by atoms with van der Waals surface area (Å²) in [6.07, 6.45) is 1.31. The van der Waals surface area contributed by atoms with Crippen LogP contribution in [0.4, 0.5) is 5.82 Å². The maximum Gasteiger partial charge on any atom is 0.275 e. The van der Waals surface area contributed by atoms with Crippen molar-refractivity contribution in [3.05, 3.63) is 58.8 Å². The Hall–Kier alpha value is -3.27. The number of hydrogen-bond acceptors (Lipinski definition) is 8. The molecule has 5 rings (SSSR count). The third kappa shape index (κ3) is 3.75. The minimum Gasteiger partial charge on any atom is -0.497 e. The van der Waals surface area contributed by atoms with Crippen molar-refractivity contribution in [1.82, 2.24) is 15.0 Å². The van der Waals surface area contributed by atoms with Crippen LogP contribution in [0.3, 0.4) is 0 Å². The van der Waals surface area contributed by atoms with Crippen molar-refractivity contribution in [2.45, 2.75) is 6.92 Å². The van der Waals surface area contributed by atoms with Gasteiger partial charge in [0, 0.05) is 22.6 Å². The van der Waals surface area contributed by atoms with E-state index in [4.69, 9.17) is 14.7 Å². The Bertz CT molecular complexity index is 1350. The zero-order valence-electron chi connectivity index (χ0n) is 17.0. The van der Waals surface area contributed by atoms with Crippen molar-refractivity contribution < 1.29 is 14.3 Å². The number of aromatic nitrogens is 2. The normalized spacial score (nSPS) is 13.3. The molecule has 10 heteroatoms. The monoisotopic (exact) mass is 484 g/mol. The molecule has 1 aliphatic heterocycles. The molecule has 32 heavy (non-hydrogen) atoms. The molecule has 0 radical (unpaired) electrons. The quantitative estimate of drug-likeness (QED) is 0.394. The Morgan fingerprint density at radius 3 is 2.47 bits per heavy atom. The lowest BCUT2D eigenvalue weighted by atomic mass is 10.1. The Labute approximate surface area is 197 Å². The fraction of sp³-hybridized carbons (Fsp3) is 0.0909. The first-order valence-electron chi connectivity index (χ1n) is 9.36. The molecule has 0 unspecified atom stereocenters. The molecule has 0 spiro atoms. The van der Waals surface area contributed by atoms with E-state index in [1.165, 1.54) is 28.7 Å². The summed E-state index contributed by atoms with van der Waals surface area (Å²) >= 11 is 3.01. The van der Waals surface area contributed by atoms with Crippen LogP contribution >= 0.6 is 35.1 Å². The van der Waals surface area contributed by atoms with Gasteiger partial charge in [0.05, 0.1) is 17.4 Å². The van der Waals surface area contributed by atoms with Gasteiger partial charge in [-0.3, -0.25) is 15.0 Å². The molecule has 0 atom stereocenters. The van der Waals surface area contributed by atoms with E-state index in [9.17, 15) is 9.59 Å². The van der Waals surface area contributed by atoms with Crippen LogP contribution in [0.25, 0.3) is 32.0 Å². The number of halogens is 1. The topological polar surface area (TPSA) is 84.4 Å². The van der Waals surface area contributed by atoms with Crippen molar-refractivity contribution in [3.63, 3.8) is 0 Å². The second-order valence-electron chi connectivity index (χ2n) is 6.85. The van der Waals surface area contributed by atoms with E-state index in [1.54, 1.807) is 14.0 Å². The predicted molar refractivity (Wildman–Crippen MR) is 129 cm³/mol. The molecule has 0 bridgehead atoms. The molecule has 3 aromatic heterocycles. The number of anilines is 1. The molecule has 1 aliphatic rings. The summed E-state index contributed by atoms with van der Waals surface area (Å²) in [7, 11) is 1.62. The first-order valence-corrected chi connectivity index (χ1v) is 11.1. The van der Waals surface area contributed by atoms with Gasteiger partial charge >= 0.3 is 0 Å². The highest BCUT2D eigenvalue weighted by Gasteiger charge is 2.30. The molecular formula is C22H17ClN4O3S2. The lowest BCUT2D eigenvalue weighted by molar-refractivity contribution is -0.135. The average Bonchev–Trinajstić information content (AvgIpc) is 3.51. The van der Waals surface area contributed by atoms with Gasteiger partial charge in [0.25, 0.3) is 11.8 Å². The molecular weight excluding hydrogens is 468 g/mol. The standard InChI is InChI=1S/C22H16N4O3S2.ClH/c1-12-10-17(27)26(22(12)28)25-20-18-15(13-5-7-14(29-2)8-6-13)11-31-21(18)24-19(23-20)16-4-3-9-30-16;/h3-11H,1-2H3,(H,23,24,25);1H. The van der Waals surface area contributed by atoms with Crippen LogP contribution in [0.1, 0.15) is 6.92 Å². The third-order valence-corrected chi connectivity index (χ3v) is 6.63. The lowest BCUT2D eigenvalue weighted by Crippen LogP contribution is -2.36. The number of amides is 2. The van der Waals surface area contributed by atoms with Crippen LogP contribution in [0.2, 0.25) is 0 Å². The molecule has 0 saturated carbocycles. The molecule has 2 amide bonds. The number of benzene rings is 1. The van der Waals surface area contributed by atoms with E-state index >= 15 is 0 Å². The molecule has 7 nitrogen and oxygen atoms in total. The number of thiophene rings is 2. The highest BCUT2D eigenvalue weighted by atomic mass is 35.5. The summed E-state index contributed by atoms with van der Waals surface area (Å²) in [5.41, 5.74) is 5.19. The highest BCUT2D eigenvalue weighted by Crippen LogP contribution is 2.39. The van der Waals surface area contributed by atoms with E-state index in [0.29, 0.717) is 17.2 Å². The lowest BCUT2D eigenvalue weighted by Gasteiger charge is -2.18. The van der Waals surface area contributed by atoms with E-state index in [-0.39, 0.29) is 12.4 Å². The summed E-state index contributed by atoms with van der Waals surface area (Å²) in [5, 5.41) is 5.70. The molecule has 0 aliphatic carbocycles. The average molecular weight is 485 g/mol. The number of hydrazine groups is 1. The number of ether oxygens (including phenoxy) is 1. The van der Waals surface area contributed by atoms with Crippen LogP contribution in [0.15, 0.2) is 58.8 Å². The Morgan fingerprint density at radius 2 is 1.84 bits per heavy atom. The van der Waals surface area contributed by atoms with Crippen LogP contribution in [0.5, 0.6) is 5.75 Å². The van der Waals surface area contributed by atoms with Gasteiger partial charge in [-0.25, -0.2) is 9.97 Å². The first kappa shape index (κ1) is 21.9. The van der Waals surface area contributed by atoms with Crippen LogP contribution in [-0.2, 0) is 9.59 Å². The number of fused-ring (bicyclic) bond motifs is 1. The number of imide groups is 1. The number of nitrogens with zero attached hydrogens (tertiary/aromatic N) is 3. The van der Waals surface area contributed by atoms with Gasteiger partial charge in [0.2, 0.25) is 0 Å². The van der Waals surface area contributed by atoms with E-state index in [0.717, 1.165) is 37.0 Å². The molecule has 1 aromatic carbocycles. The van der Waals surface area contributed by atoms with Crippen molar-refractivity contribution in [1.29, 1.82) is 0 Å². The van der Waals surface area contributed by atoms with Crippen molar-refractivity contribution in [3.8, 4) is 27.6 Å². The van der Waals surface area contributed by atoms with Crippen LogP contribution in [0, 0.1) is 0 Å². The number of nitrogens with one attached hydrogen (secondary N) is 1. The van der Waals surface area contributed by atoms with Crippen molar-refractivity contribution >= 4 is 62.9 Å². The SMILES string of the molecule is COc1ccc(-c2csc3nc(-c4cccs4)nc(NN4C(=O)C=C(C)C4=O)c23)cc1.Cl. The molecule has 0 fully saturated rings. The number of carbonyl (C=O) groups is 2. The third-order valence-electron chi connectivity index (χ3n) is 4.89. The van der Waals surface area contributed by atoms with E-state index in [2.05, 4.69) is 5.43 Å². The number of carbonyl (C=O) groups excluding carboxylic acids is 2. The summed E-state index contributed by atoms with van der Waals surface area (Å²) in [6, 6.07) is 11.5. The van der Waals surface area contributed by atoms with Gasteiger partial charge in [-0.15, -0.1) is 35.1 Å². The minimum absolute atomic E-state index is 0. The van der Waals surface area contributed by atoms with Gasteiger partial charge < -0.3 is 4.74 Å². The maximum absolute atomic E-state index is 12.5. The summed E-state index contributed by atoms with van der Waals surface area (Å²) in [5.74, 6) is 0.888. The summed E-state index contributed by atoms with van der Waals surface area (Å²) < 4.78 is 5.26. The zero-order valence-corrected chi connectivity index (χ0v) is 19.4. The highest BCUT2D eigenvalue weighted by molar-refractivity contribution is 7.17. The number of rotatable bonds is 5. The zero-order chi connectivity index (χ0) is 21.5. The van der Waals surface area contributed by atoms with Crippen LogP contribution < -0.4 is 10.2 Å². The summed E-state index contributed by atoms with van der Waals surface area (Å²) in [4.78, 5) is 35.9. The summed E-state index contributed by atoms with van der Waals surface area (Å²) in [6.45, 7) is 1.61. The van der Waals surface area contributed by atoms with Gasteiger partial charge in [-0.2, -0.15) is 5.01 Å². The van der Waals surface area contributed by atoms with E-state index < -0.39 is 11.8 Å². The molecule has 162 valence electrons. The minimum atomic E-state index is -0.423. The van der Waals surface area contributed by atoms with Gasteiger partial charge in [-0.05, 0) is 36.1 Å². The van der Waals surface area contributed by atoms with Gasteiger partial charge in [-0.1, -0.05) is 18.2 Å². The Balaban J connectivity index is 0.00000245. The largest absolute Gasteiger partial charge is 0.497 e. The molecule has 1 N–H and O–H groups in total. The second kappa shape index (κ2) is 8.70. The fourth-order valence-electron chi connectivity index (χ4n) is 3.32. The molecule has 4 aromatic rings. The van der Waals surface area contributed by atoms with Crippen molar-refractivity contribution in [2.75, 3.05) is 12.5 Å². The van der Waals surface area contributed by atoms with Gasteiger partial charge in [0.15, 0.2) is 11.6 Å². The molecule has 4 heterocycles. The number of hydrogen-bond donors (Lipinski definition) is 1.